The Morgan fingerprint density at radius 3 is 2.65 bits per heavy atom. The van der Waals surface area contributed by atoms with Crippen molar-refractivity contribution in [3.05, 3.63) is 36.0 Å². The van der Waals surface area contributed by atoms with Crippen molar-refractivity contribution in [3.63, 3.8) is 0 Å². The van der Waals surface area contributed by atoms with Gasteiger partial charge in [-0.05, 0) is 45.5 Å². The van der Waals surface area contributed by atoms with E-state index in [1.54, 1.807) is 4.90 Å². The number of urea groups is 1. The van der Waals surface area contributed by atoms with Gasteiger partial charge in [0, 0.05) is 43.9 Å². The zero-order chi connectivity index (χ0) is 17.0. The van der Waals surface area contributed by atoms with E-state index >= 15 is 0 Å². The van der Waals surface area contributed by atoms with Crippen molar-refractivity contribution >= 4 is 16.9 Å². The van der Waals surface area contributed by atoms with Crippen LogP contribution in [0.5, 0.6) is 0 Å². The second-order valence-corrected chi connectivity index (χ2v) is 6.53. The molecule has 2 aromatic rings. The summed E-state index contributed by atoms with van der Waals surface area (Å²) in [5.41, 5.74) is 2.45. The Balaban J connectivity index is 1.94. The van der Waals surface area contributed by atoms with Crippen LogP contribution in [0.3, 0.4) is 0 Å². The number of aromatic nitrogens is 1. The Kier molecular flexibility index (Phi) is 5.66. The number of para-hydroxylation sites is 1. The molecule has 0 fully saturated rings. The lowest BCUT2D eigenvalue weighted by Gasteiger charge is -2.23. The highest BCUT2D eigenvalue weighted by atomic mass is 16.2. The van der Waals surface area contributed by atoms with Crippen LogP contribution in [-0.2, 0) is 6.54 Å². The van der Waals surface area contributed by atoms with Crippen LogP contribution in [0.15, 0.2) is 30.3 Å². The summed E-state index contributed by atoms with van der Waals surface area (Å²) in [5.74, 6) is 0. The van der Waals surface area contributed by atoms with Crippen LogP contribution >= 0.6 is 0 Å². The lowest BCUT2D eigenvalue weighted by molar-refractivity contribution is 0.201. The van der Waals surface area contributed by atoms with Crippen LogP contribution < -0.4 is 5.32 Å². The van der Waals surface area contributed by atoms with Gasteiger partial charge in [-0.3, -0.25) is 0 Å². The third kappa shape index (κ3) is 4.48. The number of nitrogens with zero attached hydrogens (tertiary/aromatic N) is 3. The van der Waals surface area contributed by atoms with Crippen LogP contribution in [0.2, 0.25) is 0 Å². The predicted octanol–water partition coefficient (Wildman–Crippen LogP) is 2.54. The van der Waals surface area contributed by atoms with E-state index in [-0.39, 0.29) is 12.1 Å². The van der Waals surface area contributed by atoms with E-state index in [0.29, 0.717) is 6.54 Å². The average Bonchev–Trinajstić information content (AvgIpc) is 2.79. The number of hydrogen-bond donors (Lipinski definition) is 1. The molecular formula is C18H28N4O. The number of carbonyl (C=O) groups is 1. The van der Waals surface area contributed by atoms with Gasteiger partial charge < -0.3 is 19.7 Å². The van der Waals surface area contributed by atoms with Gasteiger partial charge in [-0.25, -0.2) is 4.79 Å². The van der Waals surface area contributed by atoms with Crippen LogP contribution in [0.25, 0.3) is 10.9 Å². The van der Waals surface area contributed by atoms with Gasteiger partial charge >= 0.3 is 6.03 Å². The van der Waals surface area contributed by atoms with Crippen molar-refractivity contribution in [2.45, 2.75) is 26.4 Å². The molecule has 2 amide bonds. The van der Waals surface area contributed by atoms with Gasteiger partial charge in [0.05, 0.1) is 0 Å². The average molecular weight is 316 g/mol. The quantitative estimate of drug-likeness (QED) is 0.890. The molecule has 2 rings (SSSR count). The summed E-state index contributed by atoms with van der Waals surface area (Å²) in [6.07, 6.45) is 0. The molecule has 0 bridgehead atoms. The Labute approximate surface area is 138 Å². The lowest BCUT2D eigenvalue weighted by Crippen LogP contribution is -2.46. The molecule has 1 aromatic heterocycles. The molecule has 1 N–H and O–H groups in total. The van der Waals surface area contributed by atoms with Gasteiger partial charge in [-0.15, -0.1) is 0 Å². The third-order valence-corrected chi connectivity index (χ3v) is 4.03. The van der Waals surface area contributed by atoms with E-state index in [1.807, 2.05) is 28.1 Å². The highest BCUT2D eigenvalue weighted by Gasteiger charge is 2.13. The molecule has 1 atom stereocenters. The van der Waals surface area contributed by atoms with E-state index in [9.17, 15) is 4.79 Å². The largest absolute Gasteiger partial charge is 0.343 e. The molecule has 0 aliphatic rings. The van der Waals surface area contributed by atoms with Gasteiger partial charge in [-0.1, -0.05) is 18.2 Å². The number of rotatable bonds is 6. The normalized spacial score (nSPS) is 12.6. The fourth-order valence-corrected chi connectivity index (χ4v) is 2.91. The van der Waals surface area contributed by atoms with Crippen molar-refractivity contribution < 1.29 is 4.79 Å². The highest BCUT2D eigenvalue weighted by molar-refractivity contribution is 5.81. The van der Waals surface area contributed by atoms with E-state index in [1.165, 1.54) is 16.6 Å². The Hall–Kier alpha value is -2.01. The van der Waals surface area contributed by atoms with E-state index < -0.39 is 0 Å². The summed E-state index contributed by atoms with van der Waals surface area (Å²) in [4.78, 5) is 16.1. The third-order valence-electron chi connectivity index (χ3n) is 4.03. The maximum atomic E-state index is 12.2. The van der Waals surface area contributed by atoms with Crippen LogP contribution in [0.4, 0.5) is 4.79 Å². The maximum absolute atomic E-state index is 12.2. The molecule has 0 unspecified atom stereocenters. The Morgan fingerprint density at radius 1 is 1.26 bits per heavy atom. The SMILES string of the molecule is Cc1cc2ccccc2n1CCN(C)C(=O)N[C@H](C)CN(C)C. The van der Waals surface area contributed by atoms with Gasteiger partial charge in [0.25, 0.3) is 0 Å². The predicted molar refractivity (Wildman–Crippen MR) is 95.9 cm³/mol. The van der Waals surface area contributed by atoms with Crippen LogP contribution in [-0.4, -0.2) is 60.7 Å². The molecule has 0 aliphatic carbocycles. The molecule has 23 heavy (non-hydrogen) atoms. The standard InChI is InChI=1S/C18H28N4O/c1-14(13-20(3)4)19-18(23)21(5)10-11-22-15(2)12-16-8-6-7-9-17(16)22/h6-9,12,14H,10-11,13H2,1-5H3,(H,19,23)/t14-/m1/s1. The van der Waals surface area contributed by atoms with E-state index in [0.717, 1.165) is 13.1 Å². The molecule has 0 spiro atoms. The first-order chi connectivity index (χ1) is 10.9. The highest BCUT2D eigenvalue weighted by Crippen LogP contribution is 2.18. The zero-order valence-corrected chi connectivity index (χ0v) is 14.8. The fraction of sp³-hybridized carbons (Fsp3) is 0.500. The summed E-state index contributed by atoms with van der Waals surface area (Å²) in [6.45, 7) is 6.45. The number of nitrogens with one attached hydrogen (secondary N) is 1. The van der Waals surface area contributed by atoms with Crippen molar-refractivity contribution in [1.29, 1.82) is 0 Å². The van der Waals surface area contributed by atoms with Gasteiger partial charge in [0.1, 0.15) is 0 Å². The molecule has 0 saturated carbocycles. The lowest BCUT2D eigenvalue weighted by atomic mass is 10.2. The topological polar surface area (TPSA) is 40.5 Å². The monoisotopic (exact) mass is 316 g/mol. The molecule has 0 saturated heterocycles. The number of fused-ring (bicyclic) bond motifs is 1. The van der Waals surface area contributed by atoms with Gasteiger partial charge in [-0.2, -0.15) is 0 Å². The van der Waals surface area contributed by atoms with Crippen molar-refractivity contribution in [1.82, 2.24) is 19.7 Å². The van der Waals surface area contributed by atoms with Gasteiger partial charge in [0.15, 0.2) is 0 Å². The van der Waals surface area contributed by atoms with Crippen molar-refractivity contribution in [3.8, 4) is 0 Å². The first kappa shape index (κ1) is 17.3. The minimum atomic E-state index is -0.0199. The zero-order valence-electron chi connectivity index (χ0n) is 14.8. The molecule has 0 aliphatic heterocycles. The number of hydrogen-bond acceptors (Lipinski definition) is 2. The van der Waals surface area contributed by atoms with Crippen molar-refractivity contribution in [2.24, 2.45) is 0 Å². The second kappa shape index (κ2) is 7.51. The van der Waals surface area contributed by atoms with Crippen molar-refractivity contribution in [2.75, 3.05) is 34.2 Å². The summed E-state index contributed by atoms with van der Waals surface area (Å²) in [5, 5.41) is 4.28. The van der Waals surface area contributed by atoms with E-state index in [2.05, 4.69) is 52.0 Å². The number of aryl methyl sites for hydroxylation is 1. The first-order valence-electron chi connectivity index (χ1n) is 8.09. The second-order valence-electron chi connectivity index (χ2n) is 6.53. The fourth-order valence-electron chi connectivity index (χ4n) is 2.91. The molecule has 1 aromatic carbocycles. The summed E-state index contributed by atoms with van der Waals surface area (Å²) in [6, 6.07) is 10.7. The van der Waals surface area contributed by atoms with E-state index in [4.69, 9.17) is 0 Å². The molecule has 5 nitrogen and oxygen atoms in total. The maximum Gasteiger partial charge on any atom is 0.317 e. The van der Waals surface area contributed by atoms with Crippen LogP contribution in [0, 0.1) is 6.92 Å². The molecule has 5 heteroatoms. The smallest absolute Gasteiger partial charge is 0.317 e. The summed E-state index contributed by atoms with van der Waals surface area (Å²) in [7, 11) is 5.86. The minimum absolute atomic E-state index is 0.0199. The molecule has 0 radical (unpaired) electrons. The molecule has 1 heterocycles. The Bertz CT molecular complexity index is 662. The molecular weight excluding hydrogens is 288 g/mol. The number of amides is 2. The van der Waals surface area contributed by atoms with Gasteiger partial charge in [0.2, 0.25) is 0 Å². The first-order valence-corrected chi connectivity index (χ1v) is 8.09. The summed E-state index contributed by atoms with van der Waals surface area (Å²) >= 11 is 0. The number of likely N-dealkylation sites (N-methyl/N-ethyl adjacent to an activating group) is 2. The van der Waals surface area contributed by atoms with Crippen LogP contribution in [0.1, 0.15) is 12.6 Å². The molecule has 126 valence electrons. The minimum Gasteiger partial charge on any atom is -0.343 e. The summed E-state index contributed by atoms with van der Waals surface area (Å²) < 4.78 is 2.27. The number of carbonyl (C=O) groups excluding carboxylic acids is 1. The Morgan fingerprint density at radius 2 is 1.96 bits per heavy atom. The number of benzene rings is 1.